The molecular weight excluding hydrogens is 718 g/mol. The number of nitrogens with zero attached hydrogens (tertiary/aromatic N) is 2. The molecule has 2 aliphatic rings. The van der Waals surface area contributed by atoms with Gasteiger partial charge in [0.05, 0.1) is 22.6 Å². The van der Waals surface area contributed by atoms with Crippen molar-refractivity contribution in [1.29, 1.82) is 0 Å². The molecule has 0 spiro atoms. The zero-order valence-corrected chi connectivity index (χ0v) is 27.9. The van der Waals surface area contributed by atoms with Crippen LogP contribution in [-0.4, -0.2) is 39.5 Å². The van der Waals surface area contributed by atoms with E-state index in [1.165, 1.54) is 17.0 Å². The third kappa shape index (κ3) is 5.97. The monoisotopic (exact) mass is 742 g/mol. The lowest BCUT2D eigenvalue weighted by Crippen LogP contribution is -2.62. The maximum atomic E-state index is 16.4. The number of ether oxygens (including phenoxy) is 1. The van der Waals surface area contributed by atoms with Gasteiger partial charge in [-0.3, -0.25) is 9.59 Å². The molecule has 262 valence electrons. The normalized spacial score (nSPS) is 20.8. The Kier molecular flexibility index (Phi) is 8.95. The molecule has 14 heteroatoms. The fraction of sp³-hybridized carbons (Fsp3) is 0.189. The van der Waals surface area contributed by atoms with Crippen LogP contribution in [0.3, 0.4) is 0 Å². The zero-order chi connectivity index (χ0) is 36.1. The summed E-state index contributed by atoms with van der Waals surface area (Å²) < 4.78 is 108. The van der Waals surface area contributed by atoms with E-state index in [4.69, 9.17) is 0 Å². The van der Waals surface area contributed by atoms with Crippen molar-refractivity contribution in [2.24, 2.45) is 0 Å². The Labute approximate surface area is 295 Å². The van der Waals surface area contributed by atoms with Gasteiger partial charge in [-0.2, -0.15) is 0 Å². The molecule has 0 N–H and O–H groups in total. The molecule has 2 saturated heterocycles. The van der Waals surface area contributed by atoms with E-state index >= 15 is 17.6 Å². The van der Waals surface area contributed by atoms with Gasteiger partial charge in [-0.25, -0.2) is 17.6 Å². The van der Waals surface area contributed by atoms with Gasteiger partial charge in [0, 0.05) is 13.1 Å². The first kappa shape index (κ1) is 34.7. The largest absolute Gasteiger partial charge is 0.573 e. The number of benzene rings is 5. The minimum absolute atomic E-state index is 0.209. The molecule has 7 rings (SSSR count). The average Bonchev–Trinajstić information content (AvgIpc) is 3.58. The molecule has 2 fully saturated rings. The van der Waals surface area contributed by atoms with E-state index in [1.807, 2.05) is 30.3 Å². The first-order chi connectivity index (χ1) is 24.3. The SMILES string of the molecule is O=C1CSC(c2c(F)cccc2F)(C2(c3c(F)cccc3F)SCC(=O)N2Cc2ccc3ccccc3c2)N1Cc1ccc(OC(F)(F)F)cc1. The highest BCUT2D eigenvalue weighted by molar-refractivity contribution is 8.05. The molecule has 0 aliphatic carbocycles. The van der Waals surface area contributed by atoms with Gasteiger partial charge in [0.15, 0.2) is 9.74 Å². The number of amides is 2. The molecule has 5 aromatic rings. The van der Waals surface area contributed by atoms with Crippen molar-refractivity contribution in [3.8, 4) is 5.75 Å². The number of hydrogen-bond donors (Lipinski definition) is 0. The second-order valence-corrected chi connectivity index (χ2v) is 14.2. The minimum Gasteiger partial charge on any atom is -0.406 e. The lowest BCUT2D eigenvalue weighted by molar-refractivity contribution is -0.274. The van der Waals surface area contributed by atoms with E-state index in [1.54, 1.807) is 12.1 Å². The molecule has 0 radical (unpaired) electrons. The summed E-state index contributed by atoms with van der Waals surface area (Å²) in [5.41, 5.74) is -0.659. The lowest BCUT2D eigenvalue weighted by Gasteiger charge is -2.53. The molecule has 0 aromatic heterocycles. The highest BCUT2D eigenvalue weighted by Crippen LogP contribution is 2.67. The van der Waals surface area contributed by atoms with Gasteiger partial charge in [0.2, 0.25) is 11.8 Å². The highest BCUT2D eigenvalue weighted by Gasteiger charge is 2.71. The topological polar surface area (TPSA) is 49.9 Å². The van der Waals surface area contributed by atoms with Gasteiger partial charge >= 0.3 is 6.36 Å². The molecule has 5 aromatic carbocycles. The Balaban J connectivity index is 1.49. The van der Waals surface area contributed by atoms with E-state index in [2.05, 4.69) is 4.74 Å². The molecule has 2 aliphatic heterocycles. The summed E-state index contributed by atoms with van der Waals surface area (Å²) in [4.78, 5) is 25.7. The highest BCUT2D eigenvalue weighted by atomic mass is 32.2. The smallest absolute Gasteiger partial charge is 0.406 e. The molecule has 2 unspecified atom stereocenters. The van der Waals surface area contributed by atoms with Crippen LogP contribution in [0.25, 0.3) is 10.8 Å². The first-order valence-corrected chi connectivity index (χ1v) is 17.4. The minimum atomic E-state index is -4.97. The Morgan fingerprint density at radius 2 is 1.04 bits per heavy atom. The van der Waals surface area contributed by atoms with Crippen molar-refractivity contribution >= 4 is 46.1 Å². The molecule has 2 amide bonds. The summed E-state index contributed by atoms with van der Waals surface area (Å²) in [5.74, 6) is -7.17. The van der Waals surface area contributed by atoms with Crippen LogP contribution in [0.4, 0.5) is 30.7 Å². The maximum absolute atomic E-state index is 16.4. The van der Waals surface area contributed by atoms with Crippen molar-refractivity contribution in [2.75, 3.05) is 11.5 Å². The van der Waals surface area contributed by atoms with Crippen LogP contribution in [0.5, 0.6) is 5.75 Å². The van der Waals surface area contributed by atoms with Gasteiger partial charge in [-0.15, -0.1) is 36.7 Å². The number of alkyl halides is 3. The number of hydrogen-bond acceptors (Lipinski definition) is 5. The summed E-state index contributed by atoms with van der Waals surface area (Å²) in [6.07, 6.45) is -4.97. The number of fused-ring (bicyclic) bond motifs is 1. The maximum Gasteiger partial charge on any atom is 0.573 e. The molecule has 2 atom stereocenters. The van der Waals surface area contributed by atoms with Crippen molar-refractivity contribution in [2.45, 2.75) is 29.2 Å². The molecule has 51 heavy (non-hydrogen) atoms. The first-order valence-electron chi connectivity index (χ1n) is 15.4. The van der Waals surface area contributed by atoms with E-state index in [0.29, 0.717) is 5.56 Å². The van der Waals surface area contributed by atoms with Crippen LogP contribution in [0.15, 0.2) is 103 Å². The van der Waals surface area contributed by atoms with Crippen LogP contribution >= 0.6 is 23.5 Å². The van der Waals surface area contributed by atoms with E-state index in [9.17, 15) is 22.8 Å². The van der Waals surface area contributed by atoms with Gasteiger partial charge in [-0.1, -0.05) is 60.7 Å². The standard InChI is InChI=1S/C37H25F7N2O3S2/c38-27-7-3-8-28(39)33(27)35(45(31(47)20-50-35)18-22-12-15-26(16-13-22)49-37(42,43)44)36(34-29(40)9-4-10-30(34)41)46(32(48)21-51-36)19-23-11-14-24-5-1-2-6-25(24)17-23/h1-17H,18-21H2. The van der Waals surface area contributed by atoms with Crippen molar-refractivity contribution in [3.05, 3.63) is 149 Å². The zero-order valence-electron chi connectivity index (χ0n) is 26.2. The predicted molar refractivity (Wildman–Crippen MR) is 179 cm³/mol. The van der Waals surface area contributed by atoms with E-state index in [0.717, 1.165) is 87.7 Å². The fourth-order valence-corrected chi connectivity index (χ4v) is 10.3. The van der Waals surface area contributed by atoms with Crippen LogP contribution in [0, 0.1) is 23.3 Å². The number of carbonyl (C=O) groups is 2. The summed E-state index contributed by atoms with van der Waals surface area (Å²) in [6, 6.07) is 23.2. The van der Waals surface area contributed by atoms with Crippen LogP contribution in [0.1, 0.15) is 22.3 Å². The van der Waals surface area contributed by atoms with Crippen molar-refractivity contribution in [3.63, 3.8) is 0 Å². The predicted octanol–water partition coefficient (Wildman–Crippen LogP) is 8.85. The number of carbonyl (C=O) groups excluding carboxylic acids is 2. The van der Waals surface area contributed by atoms with E-state index < -0.39 is 80.4 Å². The van der Waals surface area contributed by atoms with Crippen LogP contribution < -0.4 is 4.74 Å². The third-order valence-corrected chi connectivity index (χ3v) is 12.1. The average molecular weight is 743 g/mol. The Morgan fingerprint density at radius 1 is 0.588 bits per heavy atom. The van der Waals surface area contributed by atoms with Gasteiger partial charge < -0.3 is 14.5 Å². The third-order valence-electron chi connectivity index (χ3n) is 8.89. The van der Waals surface area contributed by atoms with Crippen LogP contribution in [0.2, 0.25) is 0 Å². The number of thioether (sulfide) groups is 2. The van der Waals surface area contributed by atoms with Crippen molar-refractivity contribution in [1.82, 2.24) is 9.80 Å². The summed E-state index contributed by atoms with van der Waals surface area (Å²) >= 11 is 1.47. The quantitative estimate of drug-likeness (QED) is 0.149. The van der Waals surface area contributed by atoms with Gasteiger partial charge in [0.1, 0.15) is 29.0 Å². The summed E-state index contributed by atoms with van der Waals surface area (Å²) in [7, 11) is 0. The molecule has 2 heterocycles. The molecule has 5 nitrogen and oxygen atoms in total. The molecular formula is C37H25F7N2O3S2. The Bertz CT molecular complexity index is 2130. The Morgan fingerprint density at radius 3 is 1.53 bits per heavy atom. The molecule has 0 bridgehead atoms. The Hall–Kier alpha value is -4.69. The fourth-order valence-electron chi connectivity index (χ4n) is 6.85. The summed E-state index contributed by atoms with van der Waals surface area (Å²) in [5, 5.41) is 1.69. The second-order valence-electron chi connectivity index (χ2n) is 11.9. The van der Waals surface area contributed by atoms with Crippen LogP contribution in [-0.2, 0) is 32.4 Å². The summed E-state index contributed by atoms with van der Waals surface area (Å²) in [6.45, 7) is -0.739. The number of rotatable bonds is 8. The van der Waals surface area contributed by atoms with Gasteiger partial charge in [-0.05, 0) is 64.4 Å². The van der Waals surface area contributed by atoms with Crippen molar-refractivity contribution < 1.29 is 45.1 Å². The molecule has 0 saturated carbocycles. The lowest BCUT2D eigenvalue weighted by atomic mass is 9.86. The van der Waals surface area contributed by atoms with E-state index in [-0.39, 0.29) is 17.9 Å². The number of halogens is 7. The van der Waals surface area contributed by atoms with Gasteiger partial charge in [0.25, 0.3) is 0 Å². The second kappa shape index (κ2) is 13.1.